The van der Waals surface area contributed by atoms with E-state index in [0.717, 1.165) is 6.42 Å². The van der Waals surface area contributed by atoms with Gasteiger partial charge in [-0.15, -0.1) is 12.4 Å². The van der Waals surface area contributed by atoms with E-state index < -0.39 is 17.6 Å². The van der Waals surface area contributed by atoms with Crippen molar-refractivity contribution in [2.24, 2.45) is 5.73 Å². The molecule has 1 aliphatic rings. The SMILES string of the molecule is COCC(C)(NC(=O)[C@@H]1CC[C@H](CN)O1)C(=O)OC.Cl. The summed E-state index contributed by atoms with van der Waals surface area (Å²) in [5, 5.41) is 2.63. The summed E-state index contributed by atoms with van der Waals surface area (Å²) in [4.78, 5) is 23.8. The number of amides is 1. The van der Waals surface area contributed by atoms with Crippen LogP contribution in [0.3, 0.4) is 0 Å². The number of ether oxygens (including phenoxy) is 3. The van der Waals surface area contributed by atoms with Gasteiger partial charge in [0.15, 0.2) is 5.54 Å². The summed E-state index contributed by atoms with van der Waals surface area (Å²) < 4.78 is 15.1. The molecule has 1 fully saturated rings. The first-order valence-electron chi connectivity index (χ1n) is 6.21. The number of rotatable bonds is 6. The minimum absolute atomic E-state index is 0. The first-order valence-corrected chi connectivity index (χ1v) is 6.21. The maximum Gasteiger partial charge on any atom is 0.333 e. The highest BCUT2D eigenvalue weighted by atomic mass is 35.5. The van der Waals surface area contributed by atoms with E-state index in [4.69, 9.17) is 15.2 Å². The van der Waals surface area contributed by atoms with E-state index >= 15 is 0 Å². The van der Waals surface area contributed by atoms with Gasteiger partial charge in [-0.1, -0.05) is 0 Å². The summed E-state index contributed by atoms with van der Waals surface area (Å²) >= 11 is 0. The Hall–Kier alpha value is -0.890. The van der Waals surface area contributed by atoms with Crippen LogP contribution in [0.15, 0.2) is 0 Å². The number of esters is 1. The molecule has 3 atom stereocenters. The maximum atomic E-state index is 12.1. The Morgan fingerprint density at radius 3 is 2.50 bits per heavy atom. The van der Waals surface area contributed by atoms with E-state index in [-0.39, 0.29) is 31.0 Å². The quantitative estimate of drug-likeness (QED) is 0.648. The molecule has 1 heterocycles. The first kappa shape index (κ1) is 19.1. The van der Waals surface area contributed by atoms with Gasteiger partial charge in [0.1, 0.15) is 6.10 Å². The fourth-order valence-electron chi connectivity index (χ4n) is 2.08. The molecule has 3 N–H and O–H groups in total. The average Bonchev–Trinajstić information content (AvgIpc) is 2.86. The molecule has 1 unspecified atom stereocenters. The predicted octanol–water partition coefficient (Wildman–Crippen LogP) is -0.391. The molecule has 7 nitrogen and oxygen atoms in total. The Labute approximate surface area is 124 Å². The van der Waals surface area contributed by atoms with Crippen molar-refractivity contribution in [1.29, 1.82) is 0 Å². The molecule has 20 heavy (non-hydrogen) atoms. The van der Waals surface area contributed by atoms with Crippen LogP contribution in [0.2, 0.25) is 0 Å². The van der Waals surface area contributed by atoms with Crippen LogP contribution in [0.25, 0.3) is 0 Å². The van der Waals surface area contributed by atoms with E-state index in [9.17, 15) is 9.59 Å². The van der Waals surface area contributed by atoms with Crippen LogP contribution in [0.4, 0.5) is 0 Å². The van der Waals surface area contributed by atoms with E-state index in [1.165, 1.54) is 14.2 Å². The standard InChI is InChI=1S/C12H22N2O5.ClH/c1-12(7-17-2,11(16)18-3)14-10(15)9-5-4-8(6-13)19-9;/h8-9H,4-7,13H2,1-3H3,(H,14,15);1H/t8-,9+,12?;/m1./s1. The number of nitrogens with two attached hydrogens (primary N) is 1. The van der Waals surface area contributed by atoms with Gasteiger partial charge in [0.2, 0.25) is 5.91 Å². The number of methoxy groups -OCH3 is 2. The molecule has 0 aromatic rings. The Morgan fingerprint density at radius 1 is 1.40 bits per heavy atom. The number of carbonyl (C=O) groups is 2. The lowest BCUT2D eigenvalue weighted by atomic mass is 10.0. The van der Waals surface area contributed by atoms with Crippen LogP contribution in [0.5, 0.6) is 0 Å². The van der Waals surface area contributed by atoms with Gasteiger partial charge in [-0.3, -0.25) is 4.79 Å². The lowest BCUT2D eigenvalue weighted by Crippen LogP contribution is -2.58. The third-order valence-corrected chi connectivity index (χ3v) is 3.13. The maximum absolute atomic E-state index is 12.1. The van der Waals surface area contributed by atoms with Crippen molar-refractivity contribution in [3.63, 3.8) is 0 Å². The minimum Gasteiger partial charge on any atom is -0.467 e. The molecule has 1 rings (SSSR count). The molecule has 0 bridgehead atoms. The van der Waals surface area contributed by atoms with Crippen LogP contribution >= 0.6 is 12.4 Å². The predicted molar refractivity (Wildman–Crippen MR) is 74.6 cm³/mol. The molecule has 0 spiro atoms. The van der Waals surface area contributed by atoms with Crippen molar-refractivity contribution < 1.29 is 23.8 Å². The minimum atomic E-state index is -1.22. The molecule has 8 heteroatoms. The molecule has 0 saturated carbocycles. The van der Waals surface area contributed by atoms with Crippen LogP contribution in [-0.2, 0) is 23.8 Å². The van der Waals surface area contributed by atoms with Gasteiger partial charge in [-0.2, -0.15) is 0 Å². The Kier molecular flexibility index (Phi) is 8.03. The third kappa shape index (κ3) is 4.59. The Bertz CT molecular complexity index is 342. The van der Waals surface area contributed by atoms with Gasteiger partial charge in [0.25, 0.3) is 0 Å². The molecule has 118 valence electrons. The monoisotopic (exact) mass is 310 g/mol. The lowest BCUT2D eigenvalue weighted by Gasteiger charge is -2.28. The lowest BCUT2D eigenvalue weighted by molar-refractivity contribution is -0.154. The fourth-order valence-corrected chi connectivity index (χ4v) is 2.08. The largest absolute Gasteiger partial charge is 0.467 e. The number of carbonyl (C=O) groups excluding carboxylic acids is 2. The molecule has 0 radical (unpaired) electrons. The van der Waals surface area contributed by atoms with Crippen LogP contribution in [0.1, 0.15) is 19.8 Å². The highest BCUT2D eigenvalue weighted by Gasteiger charge is 2.39. The number of hydrogen-bond donors (Lipinski definition) is 2. The Balaban J connectivity index is 0.00000361. The number of halogens is 1. The first-order chi connectivity index (χ1) is 8.96. The van der Waals surface area contributed by atoms with Crippen molar-refractivity contribution >= 4 is 24.3 Å². The summed E-state index contributed by atoms with van der Waals surface area (Å²) in [5.41, 5.74) is 4.27. The summed E-state index contributed by atoms with van der Waals surface area (Å²) in [6.07, 6.45) is 0.670. The van der Waals surface area contributed by atoms with Gasteiger partial charge in [0.05, 0.1) is 19.8 Å². The van der Waals surface area contributed by atoms with E-state index in [0.29, 0.717) is 13.0 Å². The van der Waals surface area contributed by atoms with Crippen LogP contribution < -0.4 is 11.1 Å². The zero-order chi connectivity index (χ0) is 14.5. The Morgan fingerprint density at radius 2 is 2.05 bits per heavy atom. The number of nitrogens with one attached hydrogen (secondary N) is 1. The normalized spacial score (nSPS) is 24.4. The van der Waals surface area contributed by atoms with Crippen molar-refractivity contribution in [2.75, 3.05) is 27.4 Å². The van der Waals surface area contributed by atoms with Crippen LogP contribution in [0, 0.1) is 0 Å². The van der Waals surface area contributed by atoms with Gasteiger partial charge < -0.3 is 25.3 Å². The molecule has 1 saturated heterocycles. The average molecular weight is 311 g/mol. The topological polar surface area (TPSA) is 99.9 Å². The highest BCUT2D eigenvalue weighted by Crippen LogP contribution is 2.20. The van der Waals surface area contributed by atoms with Crippen molar-refractivity contribution in [2.45, 2.75) is 37.5 Å². The van der Waals surface area contributed by atoms with Gasteiger partial charge >= 0.3 is 5.97 Å². The third-order valence-electron chi connectivity index (χ3n) is 3.13. The van der Waals surface area contributed by atoms with Gasteiger partial charge in [-0.05, 0) is 19.8 Å². The van der Waals surface area contributed by atoms with E-state index in [1.807, 2.05) is 0 Å². The zero-order valence-electron chi connectivity index (χ0n) is 12.0. The summed E-state index contributed by atoms with van der Waals surface area (Å²) in [6, 6.07) is 0. The second-order valence-electron chi connectivity index (χ2n) is 4.81. The summed E-state index contributed by atoms with van der Waals surface area (Å²) in [7, 11) is 2.71. The number of hydrogen-bond acceptors (Lipinski definition) is 6. The molecular weight excluding hydrogens is 288 g/mol. The summed E-state index contributed by atoms with van der Waals surface area (Å²) in [5.74, 6) is -0.906. The van der Waals surface area contributed by atoms with Crippen LogP contribution in [-0.4, -0.2) is 57.0 Å². The van der Waals surface area contributed by atoms with E-state index in [2.05, 4.69) is 10.1 Å². The smallest absolute Gasteiger partial charge is 0.333 e. The zero-order valence-corrected chi connectivity index (χ0v) is 12.8. The molecule has 0 aliphatic carbocycles. The molecule has 0 aromatic carbocycles. The molecule has 0 aromatic heterocycles. The van der Waals surface area contributed by atoms with Gasteiger partial charge in [-0.25, -0.2) is 4.79 Å². The van der Waals surface area contributed by atoms with Crippen molar-refractivity contribution in [3.05, 3.63) is 0 Å². The van der Waals surface area contributed by atoms with Gasteiger partial charge in [0, 0.05) is 13.7 Å². The van der Waals surface area contributed by atoms with E-state index in [1.54, 1.807) is 6.92 Å². The fraction of sp³-hybridized carbons (Fsp3) is 0.833. The molecule has 1 aliphatic heterocycles. The van der Waals surface area contributed by atoms with Crippen molar-refractivity contribution in [3.8, 4) is 0 Å². The molecule has 1 amide bonds. The summed E-state index contributed by atoms with van der Waals surface area (Å²) in [6.45, 7) is 1.96. The second-order valence-corrected chi connectivity index (χ2v) is 4.81. The molecular formula is C12H23ClN2O5. The second kappa shape index (κ2) is 8.41. The highest BCUT2D eigenvalue weighted by molar-refractivity contribution is 5.89. The van der Waals surface area contributed by atoms with Crippen molar-refractivity contribution in [1.82, 2.24) is 5.32 Å².